The molecule has 4 nitrogen and oxygen atoms in total. The maximum atomic E-state index is 11.7. The number of anilines is 1. The van der Waals surface area contributed by atoms with Crippen molar-refractivity contribution >= 4 is 17.8 Å². The summed E-state index contributed by atoms with van der Waals surface area (Å²) < 4.78 is 0. The summed E-state index contributed by atoms with van der Waals surface area (Å²) >= 11 is 0. The zero-order chi connectivity index (χ0) is 15.1. The van der Waals surface area contributed by atoms with Crippen LogP contribution in [0.15, 0.2) is 53.6 Å². The molecule has 0 unspecified atom stereocenters. The van der Waals surface area contributed by atoms with Gasteiger partial charge in [-0.05, 0) is 42.7 Å². The van der Waals surface area contributed by atoms with Crippen molar-refractivity contribution < 1.29 is 4.79 Å². The van der Waals surface area contributed by atoms with Crippen molar-refractivity contribution in [1.29, 1.82) is 0 Å². The van der Waals surface area contributed by atoms with Crippen molar-refractivity contribution in [3.05, 3.63) is 65.2 Å². The number of carbonyl (C=O) groups excluding carboxylic acids is 1. The highest BCUT2D eigenvalue weighted by molar-refractivity contribution is 5.85. The summed E-state index contributed by atoms with van der Waals surface area (Å²) in [4.78, 5) is 11.7. The van der Waals surface area contributed by atoms with Gasteiger partial charge in [-0.3, -0.25) is 4.79 Å². The van der Waals surface area contributed by atoms with Gasteiger partial charge in [0.1, 0.15) is 0 Å². The van der Waals surface area contributed by atoms with Gasteiger partial charge < -0.3 is 5.32 Å². The lowest BCUT2D eigenvalue weighted by molar-refractivity contribution is -0.119. The topological polar surface area (TPSA) is 53.5 Å². The van der Waals surface area contributed by atoms with Gasteiger partial charge in [-0.2, -0.15) is 5.10 Å². The van der Waals surface area contributed by atoms with E-state index < -0.39 is 0 Å². The van der Waals surface area contributed by atoms with E-state index in [1.165, 1.54) is 0 Å². The monoisotopic (exact) mass is 281 g/mol. The number of nitrogens with zero attached hydrogens (tertiary/aromatic N) is 1. The van der Waals surface area contributed by atoms with Crippen LogP contribution in [0, 0.1) is 13.8 Å². The van der Waals surface area contributed by atoms with Crippen LogP contribution in [-0.4, -0.2) is 18.7 Å². The van der Waals surface area contributed by atoms with Crippen molar-refractivity contribution in [2.24, 2.45) is 5.10 Å². The zero-order valence-electron chi connectivity index (χ0n) is 12.3. The van der Waals surface area contributed by atoms with Gasteiger partial charge in [0.15, 0.2) is 0 Å². The molecule has 0 bridgehead atoms. The standard InChI is InChI=1S/C17H19N3O/c1-13-6-5-9-16(10-13)18-12-17(21)20-19-11-15-8-4-3-7-14(15)2/h3-11,18H,12H2,1-2H3,(H,20,21). The van der Waals surface area contributed by atoms with Crippen LogP contribution in [0.4, 0.5) is 5.69 Å². The summed E-state index contributed by atoms with van der Waals surface area (Å²) in [5.74, 6) is -0.179. The lowest BCUT2D eigenvalue weighted by Crippen LogP contribution is -2.25. The van der Waals surface area contributed by atoms with Crippen molar-refractivity contribution in [3.63, 3.8) is 0 Å². The quantitative estimate of drug-likeness (QED) is 0.654. The first-order valence-electron chi connectivity index (χ1n) is 6.83. The lowest BCUT2D eigenvalue weighted by atomic mass is 10.1. The lowest BCUT2D eigenvalue weighted by Gasteiger charge is -2.05. The molecular weight excluding hydrogens is 262 g/mol. The molecule has 0 saturated heterocycles. The van der Waals surface area contributed by atoms with E-state index in [-0.39, 0.29) is 12.5 Å². The molecule has 0 radical (unpaired) electrons. The Balaban J connectivity index is 1.81. The minimum absolute atomic E-state index is 0.179. The predicted octanol–water partition coefficient (Wildman–Crippen LogP) is 2.87. The van der Waals surface area contributed by atoms with Crippen molar-refractivity contribution in [2.75, 3.05) is 11.9 Å². The Labute approximate surface area is 124 Å². The Morgan fingerprint density at radius 3 is 2.71 bits per heavy atom. The maximum absolute atomic E-state index is 11.7. The average Bonchev–Trinajstić information content (AvgIpc) is 2.47. The Morgan fingerprint density at radius 1 is 1.14 bits per heavy atom. The number of carbonyl (C=O) groups is 1. The minimum atomic E-state index is -0.179. The molecule has 2 N–H and O–H groups in total. The molecule has 0 spiro atoms. The van der Waals surface area contributed by atoms with E-state index in [9.17, 15) is 4.79 Å². The molecule has 2 aromatic rings. The van der Waals surface area contributed by atoms with Crippen molar-refractivity contribution in [3.8, 4) is 0 Å². The van der Waals surface area contributed by atoms with Gasteiger partial charge in [0.2, 0.25) is 0 Å². The van der Waals surface area contributed by atoms with Gasteiger partial charge in [-0.25, -0.2) is 5.43 Å². The summed E-state index contributed by atoms with van der Waals surface area (Å²) in [6.45, 7) is 4.20. The molecule has 2 rings (SSSR count). The summed E-state index contributed by atoms with van der Waals surface area (Å²) in [6, 6.07) is 15.7. The summed E-state index contributed by atoms with van der Waals surface area (Å²) in [5.41, 5.74) is 6.70. The van der Waals surface area contributed by atoms with Crippen LogP contribution < -0.4 is 10.7 Å². The molecular formula is C17H19N3O. The largest absolute Gasteiger partial charge is 0.376 e. The van der Waals surface area contributed by atoms with Gasteiger partial charge in [-0.15, -0.1) is 0 Å². The summed E-state index contributed by atoms with van der Waals surface area (Å²) in [6.07, 6.45) is 1.65. The fraction of sp³-hybridized carbons (Fsp3) is 0.176. The third kappa shape index (κ3) is 4.76. The number of hydrogen-bond donors (Lipinski definition) is 2. The summed E-state index contributed by atoms with van der Waals surface area (Å²) in [7, 11) is 0. The number of amides is 1. The molecule has 0 aromatic heterocycles. The highest BCUT2D eigenvalue weighted by atomic mass is 16.2. The third-order valence-electron chi connectivity index (χ3n) is 3.05. The van der Waals surface area contributed by atoms with Gasteiger partial charge in [0.05, 0.1) is 12.8 Å². The van der Waals surface area contributed by atoms with Gasteiger partial charge in [0, 0.05) is 5.69 Å². The molecule has 0 aliphatic heterocycles. The fourth-order valence-corrected chi connectivity index (χ4v) is 1.88. The number of hydrazone groups is 1. The second kappa shape index (κ2) is 7.24. The van der Waals surface area contributed by atoms with E-state index in [1.54, 1.807) is 6.21 Å². The predicted molar refractivity (Wildman–Crippen MR) is 86.6 cm³/mol. The van der Waals surface area contributed by atoms with Crippen LogP contribution in [0.5, 0.6) is 0 Å². The number of nitrogens with one attached hydrogen (secondary N) is 2. The molecule has 0 heterocycles. The van der Waals surface area contributed by atoms with Crippen LogP contribution in [-0.2, 0) is 4.79 Å². The van der Waals surface area contributed by atoms with Crippen molar-refractivity contribution in [1.82, 2.24) is 5.43 Å². The first-order valence-corrected chi connectivity index (χ1v) is 6.83. The molecule has 4 heteroatoms. The highest BCUT2D eigenvalue weighted by Gasteiger charge is 1.99. The van der Waals surface area contributed by atoms with E-state index in [1.807, 2.05) is 62.4 Å². The van der Waals surface area contributed by atoms with Crippen LogP contribution in [0.2, 0.25) is 0 Å². The molecule has 0 saturated carbocycles. The molecule has 1 amide bonds. The smallest absolute Gasteiger partial charge is 0.259 e. The molecule has 2 aromatic carbocycles. The van der Waals surface area contributed by atoms with Crippen LogP contribution in [0.1, 0.15) is 16.7 Å². The summed E-state index contributed by atoms with van der Waals surface area (Å²) in [5, 5.41) is 7.03. The molecule has 0 fully saturated rings. The first-order chi connectivity index (χ1) is 10.1. The second-order valence-electron chi connectivity index (χ2n) is 4.87. The van der Waals surface area contributed by atoms with E-state index in [0.717, 1.165) is 22.4 Å². The number of aryl methyl sites for hydroxylation is 2. The zero-order valence-corrected chi connectivity index (χ0v) is 12.3. The van der Waals surface area contributed by atoms with E-state index in [2.05, 4.69) is 15.8 Å². The molecule has 21 heavy (non-hydrogen) atoms. The fourth-order valence-electron chi connectivity index (χ4n) is 1.88. The van der Waals surface area contributed by atoms with Crippen LogP contribution in [0.25, 0.3) is 0 Å². The third-order valence-corrected chi connectivity index (χ3v) is 3.05. The van der Waals surface area contributed by atoms with Crippen LogP contribution in [0.3, 0.4) is 0 Å². The second-order valence-corrected chi connectivity index (χ2v) is 4.87. The SMILES string of the molecule is Cc1cccc(NCC(=O)NN=Cc2ccccc2C)c1. The van der Waals surface area contributed by atoms with Gasteiger partial charge in [0.25, 0.3) is 5.91 Å². The minimum Gasteiger partial charge on any atom is -0.376 e. The number of rotatable bonds is 5. The molecule has 0 atom stereocenters. The molecule has 108 valence electrons. The van der Waals surface area contributed by atoms with Crippen molar-refractivity contribution in [2.45, 2.75) is 13.8 Å². The van der Waals surface area contributed by atoms with Gasteiger partial charge >= 0.3 is 0 Å². The highest BCUT2D eigenvalue weighted by Crippen LogP contribution is 2.08. The Bertz CT molecular complexity index is 650. The van der Waals surface area contributed by atoms with Gasteiger partial charge in [-0.1, -0.05) is 36.4 Å². The molecule has 0 aliphatic carbocycles. The van der Waals surface area contributed by atoms with E-state index in [4.69, 9.17) is 0 Å². The number of benzene rings is 2. The number of hydrogen-bond acceptors (Lipinski definition) is 3. The first kappa shape index (κ1) is 14.8. The Morgan fingerprint density at radius 2 is 1.95 bits per heavy atom. The van der Waals surface area contributed by atoms with Crippen LogP contribution >= 0.6 is 0 Å². The van der Waals surface area contributed by atoms with E-state index >= 15 is 0 Å². The average molecular weight is 281 g/mol. The normalized spacial score (nSPS) is 10.6. The maximum Gasteiger partial charge on any atom is 0.259 e. The Kier molecular flexibility index (Phi) is 5.10. The Hall–Kier alpha value is -2.62. The van der Waals surface area contributed by atoms with E-state index in [0.29, 0.717) is 0 Å². The molecule has 0 aliphatic rings.